The SMILES string of the molecule is C#Cc1cccc(NC2CCC(C(C)(C)CC)CC2)c1. The van der Waals surface area contributed by atoms with Crippen molar-refractivity contribution in [2.75, 3.05) is 5.32 Å². The summed E-state index contributed by atoms with van der Waals surface area (Å²) in [5.74, 6) is 3.58. The minimum atomic E-state index is 0.494. The van der Waals surface area contributed by atoms with E-state index in [1.165, 1.54) is 37.8 Å². The monoisotopic (exact) mass is 269 g/mol. The van der Waals surface area contributed by atoms with Crippen LogP contribution in [-0.4, -0.2) is 6.04 Å². The van der Waals surface area contributed by atoms with Gasteiger partial charge in [0.25, 0.3) is 0 Å². The second-order valence-corrected chi connectivity index (χ2v) is 6.76. The zero-order valence-corrected chi connectivity index (χ0v) is 13.1. The highest BCUT2D eigenvalue weighted by atomic mass is 14.9. The van der Waals surface area contributed by atoms with E-state index in [4.69, 9.17) is 6.42 Å². The van der Waals surface area contributed by atoms with Crippen molar-refractivity contribution in [3.8, 4) is 12.3 Å². The van der Waals surface area contributed by atoms with Crippen LogP contribution in [-0.2, 0) is 0 Å². The number of rotatable bonds is 4. The summed E-state index contributed by atoms with van der Waals surface area (Å²) in [6, 6.07) is 8.80. The largest absolute Gasteiger partial charge is 0.382 e. The summed E-state index contributed by atoms with van der Waals surface area (Å²) >= 11 is 0. The van der Waals surface area contributed by atoms with E-state index in [1.54, 1.807) is 0 Å². The molecule has 0 saturated heterocycles. The first-order valence-corrected chi connectivity index (χ1v) is 7.88. The number of hydrogen-bond acceptors (Lipinski definition) is 1. The van der Waals surface area contributed by atoms with Crippen LogP contribution in [0, 0.1) is 23.7 Å². The van der Waals surface area contributed by atoms with Crippen molar-refractivity contribution in [1.29, 1.82) is 0 Å². The van der Waals surface area contributed by atoms with Crippen LogP contribution in [0.1, 0.15) is 58.4 Å². The van der Waals surface area contributed by atoms with Gasteiger partial charge >= 0.3 is 0 Å². The zero-order valence-electron chi connectivity index (χ0n) is 13.1. The van der Waals surface area contributed by atoms with Gasteiger partial charge in [0.1, 0.15) is 0 Å². The lowest BCUT2D eigenvalue weighted by Gasteiger charge is -2.39. The standard InChI is InChI=1S/C19H27N/c1-5-15-8-7-9-18(14-15)20-17-12-10-16(11-13-17)19(3,4)6-2/h1,7-9,14,16-17,20H,6,10-13H2,2-4H3. The number of hydrogen-bond donors (Lipinski definition) is 1. The quantitative estimate of drug-likeness (QED) is 0.752. The summed E-state index contributed by atoms with van der Waals surface area (Å²) in [6.45, 7) is 7.15. The lowest BCUT2D eigenvalue weighted by atomic mass is 9.69. The molecule has 0 radical (unpaired) electrons. The van der Waals surface area contributed by atoms with E-state index in [0.29, 0.717) is 11.5 Å². The van der Waals surface area contributed by atoms with E-state index >= 15 is 0 Å². The van der Waals surface area contributed by atoms with Gasteiger partial charge in [0.2, 0.25) is 0 Å². The smallest absolute Gasteiger partial charge is 0.0354 e. The van der Waals surface area contributed by atoms with Gasteiger partial charge in [0.05, 0.1) is 0 Å². The molecule has 1 aliphatic carbocycles. The molecule has 1 fully saturated rings. The average Bonchev–Trinajstić information content (AvgIpc) is 2.48. The molecule has 0 aliphatic heterocycles. The van der Waals surface area contributed by atoms with Gasteiger partial charge in [-0.05, 0) is 55.2 Å². The van der Waals surface area contributed by atoms with E-state index in [2.05, 4.69) is 44.1 Å². The maximum Gasteiger partial charge on any atom is 0.0354 e. The van der Waals surface area contributed by atoms with Gasteiger partial charge in [-0.2, -0.15) is 0 Å². The molecule has 20 heavy (non-hydrogen) atoms. The topological polar surface area (TPSA) is 12.0 Å². The predicted molar refractivity (Wildman–Crippen MR) is 87.8 cm³/mol. The maximum absolute atomic E-state index is 5.46. The molecule has 0 atom stereocenters. The van der Waals surface area contributed by atoms with Crippen LogP contribution in [0.2, 0.25) is 0 Å². The van der Waals surface area contributed by atoms with E-state index in [1.807, 2.05) is 12.1 Å². The van der Waals surface area contributed by atoms with Gasteiger partial charge in [-0.1, -0.05) is 39.2 Å². The molecule has 1 heteroatoms. The molecule has 1 aromatic rings. The van der Waals surface area contributed by atoms with Crippen molar-refractivity contribution in [2.24, 2.45) is 11.3 Å². The molecule has 0 aromatic heterocycles. The fourth-order valence-corrected chi connectivity index (χ4v) is 3.24. The fraction of sp³-hybridized carbons (Fsp3) is 0.579. The first-order valence-electron chi connectivity index (χ1n) is 7.88. The van der Waals surface area contributed by atoms with E-state index in [0.717, 1.165) is 11.5 Å². The number of terminal acetylenes is 1. The van der Waals surface area contributed by atoms with Crippen molar-refractivity contribution >= 4 is 5.69 Å². The molecular formula is C19H27N. The minimum absolute atomic E-state index is 0.494. The van der Waals surface area contributed by atoms with Crippen LogP contribution < -0.4 is 5.32 Å². The van der Waals surface area contributed by atoms with Crippen molar-refractivity contribution < 1.29 is 0 Å². The summed E-state index contributed by atoms with van der Waals surface area (Å²) in [5, 5.41) is 3.65. The lowest BCUT2D eigenvalue weighted by molar-refractivity contribution is 0.147. The Morgan fingerprint density at radius 2 is 1.95 bits per heavy atom. The Morgan fingerprint density at radius 3 is 2.55 bits per heavy atom. The van der Waals surface area contributed by atoms with Gasteiger partial charge < -0.3 is 5.32 Å². The van der Waals surface area contributed by atoms with Crippen molar-refractivity contribution in [3.63, 3.8) is 0 Å². The maximum atomic E-state index is 5.46. The molecule has 108 valence electrons. The molecule has 1 aliphatic rings. The Balaban J connectivity index is 1.90. The van der Waals surface area contributed by atoms with Crippen LogP contribution in [0.25, 0.3) is 0 Å². The first-order chi connectivity index (χ1) is 9.55. The van der Waals surface area contributed by atoms with Crippen LogP contribution in [0.5, 0.6) is 0 Å². The van der Waals surface area contributed by atoms with E-state index < -0.39 is 0 Å². The molecule has 1 nitrogen and oxygen atoms in total. The molecule has 0 unspecified atom stereocenters. The summed E-state index contributed by atoms with van der Waals surface area (Å²) < 4.78 is 0. The number of nitrogens with one attached hydrogen (secondary N) is 1. The molecule has 0 spiro atoms. The van der Waals surface area contributed by atoms with Gasteiger partial charge in [-0.15, -0.1) is 6.42 Å². The number of benzene rings is 1. The molecule has 0 amide bonds. The highest BCUT2D eigenvalue weighted by Gasteiger charge is 2.31. The lowest BCUT2D eigenvalue weighted by Crippen LogP contribution is -2.32. The molecule has 1 N–H and O–H groups in total. The molecule has 1 saturated carbocycles. The Kier molecular flexibility index (Phi) is 4.76. The van der Waals surface area contributed by atoms with Crippen molar-refractivity contribution in [2.45, 2.75) is 58.9 Å². The Labute approximate surface area is 124 Å². The second-order valence-electron chi connectivity index (χ2n) is 6.76. The van der Waals surface area contributed by atoms with Gasteiger partial charge in [0, 0.05) is 17.3 Å². The highest BCUT2D eigenvalue weighted by Crippen LogP contribution is 2.40. The van der Waals surface area contributed by atoms with E-state index in [-0.39, 0.29) is 0 Å². The Bertz CT molecular complexity index is 473. The average molecular weight is 269 g/mol. The zero-order chi connectivity index (χ0) is 14.6. The third-order valence-electron chi connectivity index (χ3n) is 5.14. The van der Waals surface area contributed by atoms with Gasteiger partial charge in [0.15, 0.2) is 0 Å². The molecule has 1 aromatic carbocycles. The van der Waals surface area contributed by atoms with Gasteiger partial charge in [-0.3, -0.25) is 0 Å². The Hall–Kier alpha value is -1.42. The summed E-state index contributed by atoms with van der Waals surface area (Å²) in [7, 11) is 0. The van der Waals surface area contributed by atoms with Crippen LogP contribution >= 0.6 is 0 Å². The summed E-state index contributed by atoms with van der Waals surface area (Å²) in [4.78, 5) is 0. The molecule has 2 rings (SSSR count). The Morgan fingerprint density at radius 1 is 1.25 bits per heavy atom. The van der Waals surface area contributed by atoms with E-state index in [9.17, 15) is 0 Å². The van der Waals surface area contributed by atoms with Crippen LogP contribution in [0.15, 0.2) is 24.3 Å². The van der Waals surface area contributed by atoms with Crippen molar-refractivity contribution in [3.05, 3.63) is 29.8 Å². The fourth-order valence-electron chi connectivity index (χ4n) is 3.24. The van der Waals surface area contributed by atoms with Crippen LogP contribution in [0.4, 0.5) is 5.69 Å². The highest BCUT2D eigenvalue weighted by molar-refractivity contribution is 5.50. The first kappa shape index (κ1) is 15.0. The minimum Gasteiger partial charge on any atom is -0.382 e. The number of anilines is 1. The molecular weight excluding hydrogens is 242 g/mol. The summed E-state index contributed by atoms with van der Waals surface area (Å²) in [5.41, 5.74) is 2.61. The summed E-state index contributed by atoms with van der Waals surface area (Å²) in [6.07, 6.45) is 12.0. The third kappa shape index (κ3) is 3.57. The second kappa shape index (κ2) is 6.35. The normalized spacial score (nSPS) is 23.1. The van der Waals surface area contributed by atoms with Crippen LogP contribution in [0.3, 0.4) is 0 Å². The molecule has 0 bridgehead atoms. The van der Waals surface area contributed by atoms with Crippen molar-refractivity contribution in [1.82, 2.24) is 0 Å². The van der Waals surface area contributed by atoms with Gasteiger partial charge in [-0.25, -0.2) is 0 Å². The molecule has 0 heterocycles. The third-order valence-corrected chi connectivity index (χ3v) is 5.14. The predicted octanol–water partition coefficient (Wildman–Crippen LogP) is 5.07.